The Morgan fingerprint density at radius 2 is 1.78 bits per heavy atom. The van der Waals surface area contributed by atoms with Gasteiger partial charge in [-0.1, -0.05) is 37.3 Å². The highest BCUT2D eigenvalue weighted by Crippen LogP contribution is 2.29. The maximum absolute atomic E-state index is 12.2. The third kappa shape index (κ3) is 3.88. The van der Waals surface area contributed by atoms with Crippen LogP contribution in [0, 0.1) is 5.92 Å². The summed E-state index contributed by atoms with van der Waals surface area (Å²) in [6, 6.07) is 8.18. The van der Waals surface area contributed by atoms with E-state index in [0.29, 0.717) is 0 Å². The molecule has 1 fully saturated rings. The molecular formula is C17H21NO5. The van der Waals surface area contributed by atoms with Crippen molar-refractivity contribution < 1.29 is 23.9 Å². The third-order valence-corrected chi connectivity index (χ3v) is 3.43. The van der Waals surface area contributed by atoms with Crippen LogP contribution in [0.3, 0.4) is 0 Å². The van der Waals surface area contributed by atoms with Gasteiger partial charge < -0.3 is 9.47 Å². The fourth-order valence-corrected chi connectivity index (χ4v) is 2.30. The smallest absolute Gasteiger partial charge is 0.417 e. The molecule has 1 aromatic carbocycles. The lowest BCUT2D eigenvalue weighted by atomic mass is 9.89. The molecule has 1 aromatic rings. The quantitative estimate of drug-likeness (QED) is 0.632. The molecular weight excluding hydrogens is 298 g/mol. The topological polar surface area (TPSA) is 72.9 Å². The first kappa shape index (κ1) is 17.0. The highest BCUT2D eigenvalue weighted by atomic mass is 16.6. The number of carbonyl (C=O) groups excluding carboxylic acids is 3. The van der Waals surface area contributed by atoms with Crippen LogP contribution in [-0.4, -0.2) is 34.5 Å². The molecule has 0 unspecified atom stereocenters. The predicted molar refractivity (Wildman–Crippen MR) is 82.3 cm³/mol. The normalized spacial score (nSPS) is 20.7. The van der Waals surface area contributed by atoms with Crippen LogP contribution in [0.2, 0.25) is 0 Å². The fourth-order valence-electron chi connectivity index (χ4n) is 2.30. The SMILES string of the molecule is C[C@@H]1C(=O)N(C(=O)OCc2ccccc2)[C@H]1C(=O)OC(C)(C)C. The maximum Gasteiger partial charge on any atom is 0.417 e. The number of likely N-dealkylation sites (tertiary alicyclic amines) is 1. The molecule has 2 amide bonds. The van der Waals surface area contributed by atoms with Gasteiger partial charge in [0.1, 0.15) is 12.2 Å². The molecule has 0 radical (unpaired) electrons. The molecule has 23 heavy (non-hydrogen) atoms. The van der Waals surface area contributed by atoms with Gasteiger partial charge in [-0.25, -0.2) is 14.5 Å². The van der Waals surface area contributed by atoms with Gasteiger partial charge in [0.25, 0.3) is 0 Å². The fraction of sp³-hybridized carbons (Fsp3) is 0.471. The number of ether oxygens (including phenoxy) is 2. The van der Waals surface area contributed by atoms with E-state index < -0.39 is 35.5 Å². The highest BCUT2D eigenvalue weighted by Gasteiger charge is 2.54. The van der Waals surface area contributed by atoms with Crippen LogP contribution in [0.25, 0.3) is 0 Å². The minimum Gasteiger partial charge on any atom is -0.458 e. The number of hydrogen-bond donors (Lipinski definition) is 0. The van der Waals surface area contributed by atoms with E-state index in [4.69, 9.17) is 9.47 Å². The molecule has 1 heterocycles. The number of esters is 1. The first-order valence-electron chi connectivity index (χ1n) is 7.47. The first-order valence-corrected chi connectivity index (χ1v) is 7.47. The van der Waals surface area contributed by atoms with Crippen molar-refractivity contribution in [3.63, 3.8) is 0 Å². The maximum atomic E-state index is 12.2. The first-order chi connectivity index (χ1) is 10.7. The summed E-state index contributed by atoms with van der Waals surface area (Å²) < 4.78 is 10.4. The Kier molecular flexibility index (Phi) is 4.73. The number of hydrogen-bond acceptors (Lipinski definition) is 5. The lowest BCUT2D eigenvalue weighted by molar-refractivity contribution is -0.177. The van der Waals surface area contributed by atoms with Gasteiger partial charge in [-0.3, -0.25) is 4.79 Å². The molecule has 0 spiro atoms. The minimum atomic E-state index is -0.926. The number of nitrogens with zero attached hydrogens (tertiary/aromatic N) is 1. The molecule has 2 rings (SSSR count). The zero-order valence-electron chi connectivity index (χ0n) is 13.7. The van der Waals surface area contributed by atoms with Crippen LogP contribution in [0.1, 0.15) is 33.3 Å². The Balaban J connectivity index is 2.00. The van der Waals surface area contributed by atoms with Gasteiger partial charge in [-0.05, 0) is 26.3 Å². The number of rotatable bonds is 3. The standard InChI is InChI=1S/C17H21NO5/c1-11-13(15(20)23-17(2,3)4)18(14(11)19)16(21)22-10-12-8-6-5-7-9-12/h5-9,11,13H,10H2,1-4H3/t11-,13+/m0/s1. The average Bonchev–Trinajstić information content (AvgIpc) is 2.48. The second-order valence-corrected chi connectivity index (χ2v) is 6.52. The van der Waals surface area contributed by atoms with E-state index in [1.54, 1.807) is 39.8 Å². The average molecular weight is 319 g/mol. The van der Waals surface area contributed by atoms with E-state index in [-0.39, 0.29) is 6.61 Å². The van der Waals surface area contributed by atoms with E-state index in [1.165, 1.54) is 0 Å². The summed E-state index contributed by atoms with van der Waals surface area (Å²) in [4.78, 5) is 37.0. The van der Waals surface area contributed by atoms with Crippen molar-refractivity contribution in [1.29, 1.82) is 0 Å². The molecule has 1 saturated heterocycles. The second-order valence-electron chi connectivity index (χ2n) is 6.52. The van der Waals surface area contributed by atoms with E-state index in [2.05, 4.69) is 0 Å². The second kappa shape index (κ2) is 6.40. The van der Waals surface area contributed by atoms with Crippen molar-refractivity contribution in [3.05, 3.63) is 35.9 Å². The summed E-state index contributed by atoms with van der Waals surface area (Å²) in [5, 5.41) is 0. The number of carbonyl (C=O) groups is 3. The van der Waals surface area contributed by atoms with Gasteiger partial charge >= 0.3 is 12.1 Å². The van der Waals surface area contributed by atoms with Crippen molar-refractivity contribution in [2.45, 2.75) is 45.9 Å². The van der Waals surface area contributed by atoms with Crippen molar-refractivity contribution in [3.8, 4) is 0 Å². The van der Waals surface area contributed by atoms with Gasteiger partial charge in [0.2, 0.25) is 5.91 Å². The van der Waals surface area contributed by atoms with Crippen LogP contribution >= 0.6 is 0 Å². The van der Waals surface area contributed by atoms with Crippen LogP contribution in [0.5, 0.6) is 0 Å². The summed E-state index contributed by atoms with van der Waals surface area (Å²) in [5.74, 6) is -1.62. The van der Waals surface area contributed by atoms with Crippen molar-refractivity contribution in [2.24, 2.45) is 5.92 Å². The summed E-state index contributed by atoms with van der Waals surface area (Å²) in [6.45, 7) is 6.83. The van der Waals surface area contributed by atoms with E-state index >= 15 is 0 Å². The van der Waals surface area contributed by atoms with Gasteiger partial charge in [0, 0.05) is 0 Å². The lowest BCUT2D eigenvalue weighted by Gasteiger charge is -2.42. The van der Waals surface area contributed by atoms with E-state index in [1.807, 2.05) is 18.2 Å². The van der Waals surface area contributed by atoms with E-state index in [9.17, 15) is 14.4 Å². The van der Waals surface area contributed by atoms with Crippen LogP contribution in [0.4, 0.5) is 4.79 Å². The minimum absolute atomic E-state index is 0.0405. The lowest BCUT2D eigenvalue weighted by Crippen LogP contribution is -2.66. The summed E-state index contributed by atoms with van der Waals surface area (Å²) >= 11 is 0. The zero-order chi connectivity index (χ0) is 17.2. The molecule has 2 atom stereocenters. The summed E-state index contributed by atoms with van der Waals surface area (Å²) in [5.41, 5.74) is 0.116. The third-order valence-electron chi connectivity index (χ3n) is 3.43. The summed E-state index contributed by atoms with van der Waals surface area (Å²) in [7, 11) is 0. The molecule has 0 saturated carbocycles. The van der Waals surface area contributed by atoms with Crippen LogP contribution in [0.15, 0.2) is 30.3 Å². The Labute approximate surface area is 135 Å². The molecule has 6 heteroatoms. The zero-order valence-corrected chi connectivity index (χ0v) is 13.7. The van der Waals surface area contributed by atoms with Crippen LogP contribution < -0.4 is 0 Å². The molecule has 0 aromatic heterocycles. The van der Waals surface area contributed by atoms with Crippen molar-refractivity contribution in [2.75, 3.05) is 0 Å². The Hall–Kier alpha value is -2.37. The number of β-lactam (4-membered cyclic amide) rings is 1. The monoisotopic (exact) mass is 319 g/mol. The van der Waals surface area contributed by atoms with Crippen molar-refractivity contribution >= 4 is 18.0 Å². The van der Waals surface area contributed by atoms with Crippen molar-refractivity contribution in [1.82, 2.24) is 4.90 Å². The summed E-state index contributed by atoms with van der Waals surface area (Å²) in [6.07, 6.45) is -0.826. The molecule has 0 N–H and O–H groups in total. The Morgan fingerprint density at radius 1 is 1.17 bits per heavy atom. The number of imide groups is 1. The van der Waals surface area contributed by atoms with Gasteiger partial charge in [0.05, 0.1) is 5.92 Å². The molecule has 1 aliphatic heterocycles. The molecule has 0 bridgehead atoms. The van der Waals surface area contributed by atoms with Gasteiger partial charge in [-0.15, -0.1) is 0 Å². The number of amides is 2. The molecule has 6 nitrogen and oxygen atoms in total. The van der Waals surface area contributed by atoms with Gasteiger partial charge in [0.15, 0.2) is 6.04 Å². The molecule has 1 aliphatic rings. The van der Waals surface area contributed by atoms with E-state index in [0.717, 1.165) is 10.5 Å². The Morgan fingerprint density at radius 3 is 2.35 bits per heavy atom. The van der Waals surface area contributed by atoms with Gasteiger partial charge in [-0.2, -0.15) is 0 Å². The predicted octanol–water partition coefficient (Wildman–Crippen LogP) is 2.51. The largest absolute Gasteiger partial charge is 0.458 e. The number of benzene rings is 1. The molecule has 0 aliphatic carbocycles. The Bertz CT molecular complexity index is 605. The molecule has 124 valence electrons. The van der Waals surface area contributed by atoms with Crippen LogP contribution in [-0.2, 0) is 25.7 Å². The highest BCUT2D eigenvalue weighted by molar-refractivity contribution is 6.06.